The maximum Gasteiger partial charge on any atom is 0.316 e. The molecule has 0 heterocycles. The quantitative estimate of drug-likeness (QED) is 0.658. The van der Waals surface area contributed by atoms with Crippen LogP contribution in [0.4, 0.5) is 16.2 Å². The van der Waals surface area contributed by atoms with Gasteiger partial charge in [0.25, 0.3) is 0 Å². The van der Waals surface area contributed by atoms with Crippen molar-refractivity contribution in [3.05, 3.63) is 22.2 Å². The summed E-state index contributed by atoms with van der Waals surface area (Å²) >= 11 is 3.29. The molecule has 0 aliphatic heterocycles. The van der Waals surface area contributed by atoms with Crippen molar-refractivity contribution in [1.82, 2.24) is 0 Å². The van der Waals surface area contributed by atoms with Gasteiger partial charge in [-0.15, -0.1) is 0 Å². The zero-order valence-corrected chi connectivity index (χ0v) is 8.68. The molecule has 1 rings (SSSR count). The van der Waals surface area contributed by atoms with Crippen molar-refractivity contribution >= 4 is 33.3 Å². The molecule has 0 atom stereocenters. The highest BCUT2D eigenvalue weighted by atomic mass is 79.9. The van der Waals surface area contributed by atoms with Gasteiger partial charge in [-0.05, 0) is 24.6 Å². The first kappa shape index (κ1) is 9.85. The van der Waals surface area contributed by atoms with Crippen LogP contribution in [-0.2, 0) is 0 Å². The predicted molar refractivity (Wildman–Crippen MR) is 56.5 cm³/mol. The highest BCUT2D eigenvalue weighted by Gasteiger charge is 2.05. The molecule has 1 aromatic carbocycles. The molecule has 0 unspecified atom stereocenters. The monoisotopic (exact) mass is 243 g/mol. The van der Waals surface area contributed by atoms with E-state index in [1.54, 1.807) is 6.07 Å². The van der Waals surface area contributed by atoms with Crippen LogP contribution in [0.5, 0.6) is 0 Å². The molecule has 0 bridgehead atoms. The zero-order chi connectivity index (χ0) is 10.0. The summed E-state index contributed by atoms with van der Waals surface area (Å²) in [5.74, 6) is 0. The number of urea groups is 1. The summed E-state index contributed by atoms with van der Waals surface area (Å²) in [6, 6.07) is 2.94. The number of nitrogens with two attached hydrogens (primary N) is 2. The maximum absolute atomic E-state index is 10.6. The van der Waals surface area contributed by atoms with Crippen molar-refractivity contribution in [2.24, 2.45) is 5.73 Å². The number of hydrogen-bond acceptors (Lipinski definition) is 2. The maximum atomic E-state index is 10.6. The minimum atomic E-state index is -0.614. The molecule has 1 aromatic rings. The van der Waals surface area contributed by atoms with Crippen LogP contribution < -0.4 is 16.8 Å². The molecule has 0 saturated heterocycles. The number of rotatable bonds is 1. The third kappa shape index (κ3) is 2.35. The molecule has 13 heavy (non-hydrogen) atoms. The summed E-state index contributed by atoms with van der Waals surface area (Å²) in [6.45, 7) is 1.84. The summed E-state index contributed by atoms with van der Waals surface area (Å²) in [5.41, 5.74) is 12.6. The minimum absolute atomic E-state index is 0.491. The Morgan fingerprint density at radius 2 is 2.15 bits per heavy atom. The zero-order valence-electron chi connectivity index (χ0n) is 7.10. The van der Waals surface area contributed by atoms with Crippen LogP contribution in [0, 0.1) is 6.92 Å². The van der Waals surface area contributed by atoms with Gasteiger partial charge < -0.3 is 16.8 Å². The average molecular weight is 244 g/mol. The van der Waals surface area contributed by atoms with Crippen LogP contribution in [-0.4, -0.2) is 6.03 Å². The fourth-order valence-electron chi connectivity index (χ4n) is 1.06. The van der Waals surface area contributed by atoms with E-state index >= 15 is 0 Å². The van der Waals surface area contributed by atoms with Crippen molar-refractivity contribution in [3.8, 4) is 0 Å². The molecular weight excluding hydrogens is 234 g/mol. The molecule has 0 saturated carbocycles. The SMILES string of the molecule is Cc1cc(Br)cc(N)c1NC(N)=O. The Morgan fingerprint density at radius 1 is 1.54 bits per heavy atom. The molecule has 0 aliphatic carbocycles. The number of anilines is 2. The second-order valence-electron chi connectivity index (χ2n) is 2.68. The third-order valence-electron chi connectivity index (χ3n) is 1.58. The molecule has 70 valence electrons. The van der Waals surface area contributed by atoms with E-state index < -0.39 is 6.03 Å². The number of carbonyl (C=O) groups is 1. The molecule has 0 aliphatic rings. The first-order valence-corrected chi connectivity index (χ1v) is 4.42. The lowest BCUT2D eigenvalue weighted by molar-refractivity contribution is 0.259. The van der Waals surface area contributed by atoms with Crippen molar-refractivity contribution in [1.29, 1.82) is 0 Å². The average Bonchev–Trinajstić information content (AvgIpc) is 1.96. The summed E-state index contributed by atoms with van der Waals surface area (Å²) in [6.07, 6.45) is 0. The highest BCUT2D eigenvalue weighted by Crippen LogP contribution is 2.27. The van der Waals surface area contributed by atoms with E-state index in [4.69, 9.17) is 11.5 Å². The van der Waals surface area contributed by atoms with Crippen molar-refractivity contribution in [3.63, 3.8) is 0 Å². The van der Waals surface area contributed by atoms with Gasteiger partial charge in [-0.2, -0.15) is 0 Å². The number of halogens is 1. The van der Waals surface area contributed by atoms with Crippen LogP contribution in [0.1, 0.15) is 5.56 Å². The first-order valence-electron chi connectivity index (χ1n) is 3.63. The second kappa shape index (κ2) is 3.66. The van der Waals surface area contributed by atoms with Crippen LogP contribution in [0.25, 0.3) is 0 Å². The van der Waals surface area contributed by atoms with Gasteiger partial charge in [0.15, 0.2) is 0 Å². The van der Waals surface area contributed by atoms with Gasteiger partial charge in [-0.1, -0.05) is 15.9 Å². The molecule has 4 nitrogen and oxygen atoms in total. The van der Waals surface area contributed by atoms with E-state index in [0.29, 0.717) is 11.4 Å². The molecule has 5 N–H and O–H groups in total. The number of amides is 2. The number of carbonyl (C=O) groups excluding carboxylic acids is 1. The lowest BCUT2D eigenvalue weighted by Gasteiger charge is -2.09. The predicted octanol–water partition coefficient (Wildman–Crippen LogP) is 1.83. The lowest BCUT2D eigenvalue weighted by Crippen LogP contribution is -2.20. The van der Waals surface area contributed by atoms with E-state index in [-0.39, 0.29) is 0 Å². The number of benzene rings is 1. The number of primary amides is 1. The molecule has 0 spiro atoms. The van der Waals surface area contributed by atoms with E-state index in [2.05, 4.69) is 21.2 Å². The molecule has 0 aromatic heterocycles. The van der Waals surface area contributed by atoms with Gasteiger partial charge in [0.1, 0.15) is 0 Å². The van der Waals surface area contributed by atoms with Gasteiger partial charge in [0.05, 0.1) is 11.4 Å². The van der Waals surface area contributed by atoms with Crippen LogP contribution in [0.2, 0.25) is 0 Å². The Kier molecular flexibility index (Phi) is 2.77. The molecular formula is C8H10BrN3O. The van der Waals surface area contributed by atoms with Gasteiger partial charge in [0.2, 0.25) is 0 Å². The minimum Gasteiger partial charge on any atom is -0.397 e. The smallest absolute Gasteiger partial charge is 0.316 e. The second-order valence-corrected chi connectivity index (χ2v) is 3.59. The van der Waals surface area contributed by atoms with Gasteiger partial charge >= 0.3 is 6.03 Å². The Hall–Kier alpha value is -1.23. The number of aryl methyl sites for hydroxylation is 1. The Bertz CT molecular complexity index is 328. The summed E-state index contributed by atoms with van der Waals surface area (Å²) in [4.78, 5) is 10.6. The Labute approximate surface area is 84.4 Å². The summed E-state index contributed by atoms with van der Waals surface area (Å²) in [5, 5.41) is 2.46. The number of hydrogen-bond donors (Lipinski definition) is 3. The van der Waals surface area contributed by atoms with E-state index in [1.165, 1.54) is 0 Å². The topological polar surface area (TPSA) is 81.1 Å². The van der Waals surface area contributed by atoms with E-state index in [0.717, 1.165) is 10.0 Å². The summed E-state index contributed by atoms with van der Waals surface area (Å²) in [7, 11) is 0. The third-order valence-corrected chi connectivity index (χ3v) is 2.04. The van der Waals surface area contributed by atoms with Crippen LogP contribution in [0.15, 0.2) is 16.6 Å². The van der Waals surface area contributed by atoms with E-state index in [9.17, 15) is 4.79 Å². The molecule has 0 fully saturated rings. The molecule has 2 amide bonds. The normalized spacial score (nSPS) is 9.69. The van der Waals surface area contributed by atoms with Crippen LogP contribution in [0.3, 0.4) is 0 Å². The van der Waals surface area contributed by atoms with Crippen LogP contribution >= 0.6 is 15.9 Å². The number of nitrogen functional groups attached to an aromatic ring is 1. The summed E-state index contributed by atoms with van der Waals surface area (Å²) < 4.78 is 0.873. The molecule has 5 heteroatoms. The fourth-order valence-corrected chi connectivity index (χ4v) is 1.65. The first-order chi connectivity index (χ1) is 6.00. The van der Waals surface area contributed by atoms with Crippen molar-refractivity contribution in [2.45, 2.75) is 6.92 Å². The standard InChI is InChI=1S/C8H10BrN3O/c1-4-2-5(9)3-6(10)7(4)12-8(11)13/h2-3H,10H2,1H3,(H3,11,12,13). The van der Waals surface area contributed by atoms with E-state index in [1.807, 2.05) is 13.0 Å². The number of nitrogens with one attached hydrogen (secondary N) is 1. The van der Waals surface area contributed by atoms with Crippen molar-refractivity contribution in [2.75, 3.05) is 11.1 Å². The van der Waals surface area contributed by atoms with Gasteiger partial charge in [-0.3, -0.25) is 0 Å². The van der Waals surface area contributed by atoms with Crippen molar-refractivity contribution < 1.29 is 4.79 Å². The Morgan fingerprint density at radius 3 is 2.62 bits per heavy atom. The van der Waals surface area contributed by atoms with Gasteiger partial charge in [-0.25, -0.2) is 4.79 Å². The molecule has 0 radical (unpaired) electrons. The highest BCUT2D eigenvalue weighted by molar-refractivity contribution is 9.10. The lowest BCUT2D eigenvalue weighted by atomic mass is 10.2. The largest absolute Gasteiger partial charge is 0.397 e. The van der Waals surface area contributed by atoms with Gasteiger partial charge in [0, 0.05) is 4.47 Å². The fraction of sp³-hybridized carbons (Fsp3) is 0.125. The Balaban J connectivity index is 3.13.